The summed E-state index contributed by atoms with van der Waals surface area (Å²) in [5.74, 6) is -0.977. The Morgan fingerprint density at radius 3 is 2.03 bits per heavy atom. The number of hydrogen-bond acceptors (Lipinski definition) is 5. The van der Waals surface area contributed by atoms with Crippen LogP contribution in [0.5, 0.6) is 0 Å². The summed E-state index contributed by atoms with van der Waals surface area (Å²) in [6.07, 6.45) is -0.221. The zero-order chi connectivity index (χ0) is 21.6. The lowest BCUT2D eigenvalue weighted by molar-refractivity contribution is -0.144. The lowest BCUT2D eigenvalue weighted by Gasteiger charge is -2.07. The molecule has 0 aliphatic rings. The SMILES string of the molecule is Cc1ccc(S(=O)(=O)CCC(=O)OCc2ccc(C(=O)c3ccccc3)cc2)cc1. The highest BCUT2D eigenvalue weighted by molar-refractivity contribution is 7.91. The van der Waals surface area contributed by atoms with Gasteiger partial charge in [-0.2, -0.15) is 0 Å². The van der Waals surface area contributed by atoms with Crippen molar-refractivity contribution in [2.24, 2.45) is 0 Å². The first kappa shape index (κ1) is 21.5. The van der Waals surface area contributed by atoms with Gasteiger partial charge in [0.1, 0.15) is 6.61 Å². The summed E-state index contributed by atoms with van der Waals surface area (Å²) in [7, 11) is -3.53. The Bertz CT molecular complexity index is 1120. The third kappa shape index (κ3) is 5.64. The molecule has 30 heavy (non-hydrogen) atoms. The zero-order valence-corrected chi connectivity index (χ0v) is 17.4. The minimum atomic E-state index is -3.53. The maximum atomic E-state index is 12.4. The van der Waals surface area contributed by atoms with Crippen molar-refractivity contribution in [3.63, 3.8) is 0 Å². The maximum Gasteiger partial charge on any atom is 0.307 e. The fourth-order valence-electron chi connectivity index (χ4n) is 2.83. The van der Waals surface area contributed by atoms with Gasteiger partial charge in [0.2, 0.25) is 0 Å². The second kappa shape index (κ2) is 9.50. The molecule has 3 aromatic carbocycles. The van der Waals surface area contributed by atoms with Crippen molar-refractivity contribution >= 4 is 21.6 Å². The number of benzene rings is 3. The van der Waals surface area contributed by atoms with E-state index >= 15 is 0 Å². The molecular weight excluding hydrogens is 400 g/mol. The van der Waals surface area contributed by atoms with Crippen LogP contribution in [0.3, 0.4) is 0 Å². The number of ketones is 1. The number of esters is 1. The Morgan fingerprint density at radius 2 is 1.40 bits per heavy atom. The van der Waals surface area contributed by atoms with Crippen molar-refractivity contribution in [1.82, 2.24) is 0 Å². The van der Waals surface area contributed by atoms with Crippen LogP contribution in [-0.2, 0) is 26.0 Å². The molecule has 5 nitrogen and oxygen atoms in total. The molecule has 0 fully saturated rings. The van der Waals surface area contributed by atoms with Crippen LogP contribution in [-0.4, -0.2) is 25.9 Å². The first-order valence-corrected chi connectivity index (χ1v) is 11.1. The molecule has 0 aromatic heterocycles. The van der Waals surface area contributed by atoms with Gasteiger partial charge in [-0.15, -0.1) is 0 Å². The largest absolute Gasteiger partial charge is 0.461 e. The summed E-state index contributed by atoms with van der Waals surface area (Å²) in [6, 6.07) is 22.3. The fourth-order valence-corrected chi connectivity index (χ4v) is 4.05. The molecule has 0 saturated heterocycles. The molecule has 0 aliphatic heterocycles. The highest BCUT2D eigenvalue weighted by atomic mass is 32.2. The molecule has 6 heteroatoms. The Balaban J connectivity index is 1.51. The first-order valence-electron chi connectivity index (χ1n) is 9.49. The molecule has 3 aromatic rings. The van der Waals surface area contributed by atoms with Crippen LogP contribution >= 0.6 is 0 Å². The smallest absolute Gasteiger partial charge is 0.307 e. The lowest BCUT2D eigenvalue weighted by Crippen LogP contribution is -2.13. The predicted octanol–water partition coefficient (Wildman–Crippen LogP) is 4.13. The molecule has 0 heterocycles. The van der Waals surface area contributed by atoms with E-state index in [2.05, 4.69) is 0 Å². The Morgan fingerprint density at radius 1 is 0.800 bits per heavy atom. The van der Waals surface area contributed by atoms with E-state index in [0.29, 0.717) is 16.7 Å². The van der Waals surface area contributed by atoms with E-state index in [0.717, 1.165) is 5.56 Å². The summed E-state index contributed by atoms with van der Waals surface area (Å²) in [4.78, 5) is 24.6. The van der Waals surface area contributed by atoms with Crippen LogP contribution < -0.4 is 0 Å². The van der Waals surface area contributed by atoms with Gasteiger partial charge in [0.05, 0.1) is 17.1 Å². The summed E-state index contributed by atoms with van der Waals surface area (Å²) in [5.41, 5.74) is 2.83. The molecule has 0 radical (unpaired) electrons. The van der Waals surface area contributed by atoms with Crippen molar-refractivity contribution < 1.29 is 22.7 Å². The molecule has 0 N–H and O–H groups in total. The van der Waals surface area contributed by atoms with E-state index in [1.807, 2.05) is 13.0 Å². The first-order chi connectivity index (χ1) is 14.3. The topological polar surface area (TPSA) is 77.5 Å². The number of hydrogen-bond donors (Lipinski definition) is 0. The van der Waals surface area contributed by atoms with Crippen LogP contribution in [0.4, 0.5) is 0 Å². The third-order valence-corrected chi connectivity index (χ3v) is 6.34. The van der Waals surface area contributed by atoms with E-state index in [-0.39, 0.29) is 29.5 Å². The van der Waals surface area contributed by atoms with Crippen molar-refractivity contribution in [2.75, 3.05) is 5.75 Å². The molecule has 0 atom stereocenters. The number of rotatable bonds is 8. The standard InChI is InChI=1S/C24H22O5S/c1-18-7-13-22(14-8-18)30(27,28)16-15-23(25)29-17-19-9-11-21(12-10-19)24(26)20-5-3-2-4-6-20/h2-14H,15-17H2,1H3. The van der Waals surface area contributed by atoms with Gasteiger partial charge >= 0.3 is 5.97 Å². The van der Waals surface area contributed by atoms with Gasteiger partial charge in [-0.1, -0.05) is 72.3 Å². The Labute approximate surface area is 176 Å². The molecular formula is C24H22O5S. The summed E-state index contributed by atoms with van der Waals surface area (Å²) in [5, 5.41) is 0. The Kier molecular flexibility index (Phi) is 6.79. The van der Waals surface area contributed by atoms with E-state index in [1.165, 1.54) is 12.1 Å². The molecule has 0 aliphatic carbocycles. The summed E-state index contributed by atoms with van der Waals surface area (Å²) >= 11 is 0. The molecule has 0 bridgehead atoms. The van der Waals surface area contributed by atoms with E-state index in [1.54, 1.807) is 60.7 Å². The molecule has 3 rings (SSSR count). The Hall–Kier alpha value is -3.25. The number of aryl methyl sites for hydroxylation is 1. The minimum Gasteiger partial charge on any atom is -0.461 e. The van der Waals surface area contributed by atoms with Gasteiger partial charge in [-0.05, 0) is 24.6 Å². The number of ether oxygens (including phenoxy) is 1. The highest BCUT2D eigenvalue weighted by Crippen LogP contribution is 2.14. The van der Waals surface area contributed by atoms with Crippen LogP contribution in [0.1, 0.15) is 33.5 Å². The molecule has 154 valence electrons. The molecule has 0 saturated carbocycles. The van der Waals surface area contributed by atoms with E-state index in [4.69, 9.17) is 4.74 Å². The third-order valence-electron chi connectivity index (χ3n) is 4.61. The predicted molar refractivity (Wildman–Crippen MR) is 114 cm³/mol. The van der Waals surface area contributed by atoms with Crippen LogP contribution in [0, 0.1) is 6.92 Å². The molecule has 0 unspecified atom stereocenters. The highest BCUT2D eigenvalue weighted by Gasteiger charge is 2.17. The van der Waals surface area contributed by atoms with Crippen LogP contribution in [0.2, 0.25) is 0 Å². The summed E-state index contributed by atoms with van der Waals surface area (Å²) in [6.45, 7) is 1.89. The number of carbonyl (C=O) groups excluding carboxylic acids is 2. The number of sulfone groups is 1. The lowest BCUT2D eigenvalue weighted by atomic mass is 10.0. The monoisotopic (exact) mass is 422 g/mol. The summed E-state index contributed by atoms with van der Waals surface area (Å²) < 4.78 is 29.8. The van der Waals surface area contributed by atoms with Crippen molar-refractivity contribution in [3.05, 3.63) is 101 Å². The van der Waals surface area contributed by atoms with Gasteiger partial charge < -0.3 is 4.74 Å². The normalized spacial score (nSPS) is 11.1. The van der Waals surface area contributed by atoms with Gasteiger partial charge in [-0.3, -0.25) is 9.59 Å². The van der Waals surface area contributed by atoms with Crippen molar-refractivity contribution in [1.29, 1.82) is 0 Å². The molecule has 0 amide bonds. The van der Waals surface area contributed by atoms with Gasteiger partial charge in [-0.25, -0.2) is 8.42 Å². The van der Waals surface area contributed by atoms with Crippen molar-refractivity contribution in [3.8, 4) is 0 Å². The second-order valence-electron chi connectivity index (χ2n) is 6.93. The van der Waals surface area contributed by atoms with Crippen LogP contribution in [0.25, 0.3) is 0 Å². The maximum absolute atomic E-state index is 12.4. The number of carbonyl (C=O) groups is 2. The quantitative estimate of drug-likeness (QED) is 0.403. The van der Waals surface area contributed by atoms with Crippen LogP contribution in [0.15, 0.2) is 83.8 Å². The van der Waals surface area contributed by atoms with E-state index in [9.17, 15) is 18.0 Å². The fraction of sp³-hybridized carbons (Fsp3) is 0.167. The molecule has 0 spiro atoms. The van der Waals surface area contributed by atoms with Gasteiger partial charge in [0.15, 0.2) is 15.6 Å². The average Bonchev–Trinajstić information content (AvgIpc) is 2.77. The van der Waals surface area contributed by atoms with Gasteiger partial charge in [0.25, 0.3) is 0 Å². The minimum absolute atomic E-state index is 0.0171. The average molecular weight is 423 g/mol. The van der Waals surface area contributed by atoms with Gasteiger partial charge in [0, 0.05) is 11.1 Å². The van der Waals surface area contributed by atoms with Crippen molar-refractivity contribution in [2.45, 2.75) is 24.8 Å². The zero-order valence-electron chi connectivity index (χ0n) is 16.6. The second-order valence-corrected chi connectivity index (χ2v) is 9.04. The van der Waals surface area contributed by atoms with E-state index < -0.39 is 15.8 Å².